The van der Waals surface area contributed by atoms with E-state index in [0.29, 0.717) is 0 Å². The average Bonchev–Trinajstić information content (AvgIpc) is 2.68. The van der Waals surface area contributed by atoms with Gasteiger partial charge in [-0.15, -0.1) is 0 Å². The van der Waals surface area contributed by atoms with Crippen LogP contribution in [-0.4, -0.2) is 24.0 Å². The largest absolute Gasteiger partial charge is 0.303 e. The first-order chi connectivity index (χ1) is 6.77. The first kappa shape index (κ1) is 8.81. The van der Waals surface area contributed by atoms with Crippen molar-refractivity contribution in [3.63, 3.8) is 0 Å². The van der Waals surface area contributed by atoms with Gasteiger partial charge in [-0.25, -0.2) is 0 Å². The molecule has 0 amide bonds. The Morgan fingerprint density at radius 1 is 1.07 bits per heavy atom. The molecule has 0 spiro atoms. The molecule has 14 heavy (non-hydrogen) atoms. The van der Waals surface area contributed by atoms with Crippen LogP contribution < -0.4 is 5.01 Å². The van der Waals surface area contributed by atoms with Crippen LogP contribution in [0.3, 0.4) is 0 Å². The molecule has 0 N–H and O–H groups in total. The summed E-state index contributed by atoms with van der Waals surface area (Å²) >= 11 is 0. The SMILES string of the molecule is CN(C)n1cc(-c2ccccc2)cn1. The molecule has 0 aliphatic carbocycles. The first-order valence-corrected chi connectivity index (χ1v) is 4.55. The van der Waals surface area contributed by atoms with Crippen molar-refractivity contribution < 1.29 is 0 Å². The van der Waals surface area contributed by atoms with Gasteiger partial charge in [-0.1, -0.05) is 30.3 Å². The molecule has 3 heteroatoms. The van der Waals surface area contributed by atoms with Gasteiger partial charge in [0.25, 0.3) is 0 Å². The Morgan fingerprint density at radius 2 is 1.79 bits per heavy atom. The highest BCUT2D eigenvalue weighted by Gasteiger charge is 2.00. The van der Waals surface area contributed by atoms with Crippen molar-refractivity contribution in [1.29, 1.82) is 0 Å². The second kappa shape index (κ2) is 3.54. The van der Waals surface area contributed by atoms with Crippen LogP contribution in [0, 0.1) is 0 Å². The summed E-state index contributed by atoms with van der Waals surface area (Å²) in [7, 11) is 3.92. The molecule has 1 aromatic heterocycles. The summed E-state index contributed by atoms with van der Waals surface area (Å²) in [4.78, 5) is 1.81. The summed E-state index contributed by atoms with van der Waals surface area (Å²) < 4.78 is 0. The Hall–Kier alpha value is -1.77. The highest BCUT2D eigenvalue weighted by atomic mass is 15.6. The van der Waals surface area contributed by atoms with E-state index in [9.17, 15) is 0 Å². The molecule has 0 atom stereocenters. The van der Waals surface area contributed by atoms with Gasteiger partial charge in [-0.2, -0.15) is 9.89 Å². The average molecular weight is 187 g/mol. The van der Waals surface area contributed by atoms with Crippen molar-refractivity contribution in [2.75, 3.05) is 19.1 Å². The molecule has 0 aliphatic rings. The summed E-state index contributed by atoms with van der Waals surface area (Å²) in [6, 6.07) is 10.2. The first-order valence-electron chi connectivity index (χ1n) is 4.55. The Bertz CT molecular complexity index is 403. The summed E-state index contributed by atoms with van der Waals surface area (Å²) in [5, 5.41) is 6.16. The quantitative estimate of drug-likeness (QED) is 0.714. The number of benzene rings is 1. The number of hydrogen-bond donors (Lipinski definition) is 0. The van der Waals surface area contributed by atoms with E-state index in [1.54, 1.807) is 0 Å². The predicted octanol–water partition coefficient (Wildman–Crippen LogP) is 1.75. The third kappa shape index (κ3) is 1.62. The molecule has 1 heterocycles. The highest BCUT2D eigenvalue weighted by molar-refractivity contribution is 5.61. The van der Waals surface area contributed by atoms with Crippen LogP contribution in [0.4, 0.5) is 0 Å². The summed E-state index contributed by atoms with van der Waals surface area (Å²) in [6.45, 7) is 0. The molecule has 3 nitrogen and oxygen atoms in total. The molecule has 0 aliphatic heterocycles. The van der Waals surface area contributed by atoms with E-state index in [2.05, 4.69) is 17.2 Å². The zero-order valence-corrected chi connectivity index (χ0v) is 8.38. The van der Waals surface area contributed by atoms with E-state index in [-0.39, 0.29) is 0 Å². The van der Waals surface area contributed by atoms with Gasteiger partial charge >= 0.3 is 0 Å². The maximum atomic E-state index is 4.23. The fourth-order valence-electron chi connectivity index (χ4n) is 1.31. The minimum Gasteiger partial charge on any atom is -0.303 e. The van der Waals surface area contributed by atoms with Crippen molar-refractivity contribution in [2.45, 2.75) is 0 Å². The van der Waals surface area contributed by atoms with E-state index in [1.165, 1.54) is 5.56 Å². The van der Waals surface area contributed by atoms with Gasteiger partial charge in [0.05, 0.1) is 12.4 Å². The molecule has 0 unspecified atom stereocenters. The standard InChI is InChI=1S/C11H13N3/c1-13(2)14-9-11(8-12-14)10-6-4-3-5-7-10/h3-9H,1-2H3. The molecule has 0 fully saturated rings. The Morgan fingerprint density at radius 3 is 2.36 bits per heavy atom. The monoisotopic (exact) mass is 187 g/mol. The van der Waals surface area contributed by atoms with Crippen LogP contribution in [0.2, 0.25) is 0 Å². The fourth-order valence-corrected chi connectivity index (χ4v) is 1.31. The van der Waals surface area contributed by atoms with Gasteiger partial charge in [-0.05, 0) is 5.56 Å². The zero-order chi connectivity index (χ0) is 9.97. The maximum Gasteiger partial charge on any atom is 0.0589 e. The summed E-state index contributed by atoms with van der Waals surface area (Å²) in [6.07, 6.45) is 3.88. The minimum absolute atomic E-state index is 1.14. The van der Waals surface area contributed by atoms with E-state index < -0.39 is 0 Å². The molecule has 0 saturated heterocycles. The molecule has 72 valence electrons. The van der Waals surface area contributed by atoms with Gasteiger partial charge in [0, 0.05) is 19.7 Å². The number of hydrogen-bond acceptors (Lipinski definition) is 2. The molecule has 0 bridgehead atoms. The normalized spacial score (nSPS) is 10.1. The van der Waals surface area contributed by atoms with Crippen LogP contribution in [0.5, 0.6) is 0 Å². The number of aromatic nitrogens is 2. The third-order valence-corrected chi connectivity index (χ3v) is 2.09. The molecule has 0 radical (unpaired) electrons. The summed E-state index contributed by atoms with van der Waals surface area (Å²) in [5.74, 6) is 0. The third-order valence-electron chi connectivity index (χ3n) is 2.09. The van der Waals surface area contributed by atoms with Crippen molar-refractivity contribution in [3.05, 3.63) is 42.7 Å². The second-order valence-corrected chi connectivity index (χ2v) is 3.36. The predicted molar refractivity (Wildman–Crippen MR) is 57.7 cm³/mol. The second-order valence-electron chi connectivity index (χ2n) is 3.36. The zero-order valence-electron chi connectivity index (χ0n) is 8.38. The summed E-state index contributed by atoms with van der Waals surface area (Å²) in [5.41, 5.74) is 2.33. The van der Waals surface area contributed by atoms with Crippen LogP contribution in [0.15, 0.2) is 42.7 Å². The van der Waals surface area contributed by atoms with Crippen LogP contribution in [0.1, 0.15) is 0 Å². The van der Waals surface area contributed by atoms with Gasteiger partial charge < -0.3 is 5.01 Å². The molecule has 2 rings (SSSR count). The van der Waals surface area contributed by atoms with E-state index in [4.69, 9.17) is 0 Å². The number of rotatable bonds is 2. The van der Waals surface area contributed by atoms with Crippen LogP contribution in [0.25, 0.3) is 11.1 Å². The highest BCUT2D eigenvalue weighted by Crippen LogP contribution is 2.17. The van der Waals surface area contributed by atoms with Crippen molar-refractivity contribution in [3.8, 4) is 11.1 Å². The lowest BCUT2D eigenvalue weighted by atomic mass is 10.1. The molecule has 2 aromatic rings. The van der Waals surface area contributed by atoms with Gasteiger partial charge in [0.1, 0.15) is 0 Å². The van der Waals surface area contributed by atoms with Gasteiger partial charge in [0.2, 0.25) is 0 Å². The lowest BCUT2D eigenvalue weighted by molar-refractivity contribution is 0.639. The minimum atomic E-state index is 1.14. The topological polar surface area (TPSA) is 21.1 Å². The Balaban J connectivity index is 2.34. The van der Waals surface area contributed by atoms with Crippen LogP contribution in [-0.2, 0) is 0 Å². The lowest BCUT2D eigenvalue weighted by Gasteiger charge is -2.10. The van der Waals surface area contributed by atoms with E-state index in [0.717, 1.165) is 5.56 Å². The van der Waals surface area contributed by atoms with Gasteiger partial charge in [0.15, 0.2) is 0 Å². The fraction of sp³-hybridized carbons (Fsp3) is 0.182. The molecular weight excluding hydrogens is 174 g/mol. The van der Waals surface area contributed by atoms with Crippen LogP contribution >= 0.6 is 0 Å². The van der Waals surface area contributed by atoms with E-state index >= 15 is 0 Å². The van der Waals surface area contributed by atoms with Crippen molar-refractivity contribution in [2.24, 2.45) is 0 Å². The maximum absolute atomic E-state index is 4.23. The van der Waals surface area contributed by atoms with Crippen molar-refractivity contribution >= 4 is 0 Å². The van der Waals surface area contributed by atoms with Gasteiger partial charge in [-0.3, -0.25) is 0 Å². The molecule has 1 aromatic carbocycles. The molecular formula is C11H13N3. The lowest BCUT2D eigenvalue weighted by Crippen LogP contribution is -2.24. The molecule has 0 saturated carbocycles. The number of nitrogens with zero attached hydrogens (tertiary/aromatic N) is 3. The Kier molecular flexibility index (Phi) is 2.23. The van der Waals surface area contributed by atoms with Crippen molar-refractivity contribution in [1.82, 2.24) is 9.89 Å². The Labute approximate surface area is 83.6 Å². The van der Waals surface area contributed by atoms with E-state index in [1.807, 2.05) is 54.5 Å². The smallest absolute Gasteiger partial charge is 0.0589 e.